The molecule has 1 aliphatic rings. The molecule has 1 aromatic heterocycles. The predicted octanol–water partition coefficient (Wildman–Crippen LogP) is 1.32. The number of benzene rings is 1. The van der Waals surface area contributed by atoms with Gasteiger partial charge in [-0.3, -0.25) is 0 Å². The van der Waals surface area contributed by atoms with Crippen LogP contribution in [0.15, 0.2) is 28.7 Å². The van der Waals surface area contributed by atoms with Crippen LogP contribution >= 0.6 is 0 Å². The van der Waals surface area contributed by atoms with Gasteiger partial charge in [0.1, 0.15) is 5.82 Å². The summed E-state index contributed by atoms with van der Waals surface area (Å²) < 4.78 is 19.2. The highest BCUT2D eigenvalue weighted by Crippen LogP contribution is 2.21. The van der Waals surface area contributed by atoms with Crippen LogP contribution in [0.1, 0.15) is 5.89 Å². The van der Waals surface area contributed by atoms with Crippen LogP contribution in [0.5, 0.6) is 0 Å². The average Bonchev–Trinajstić information content (AvgIpc) is 2.95. The third-order valence-electron chi connectivity index (χ3n) is 3.42. The van der Waals surface area contributed by atoms with Gasteiger partial charge in [0.2, 0.25) is 5.89 Å². The van der Waals surface area contributed by atoms with Crippen molar-refractivity contribution >= 4 is 0 Å². The fourth-order valence-electron chi connectivity index (χ4n) is 2.29. The Hall–Kier alpha value is -1.79. The largest absolute Gasteiger partial charge is 0.421 e. The summed E-state index contributed by atoms with van der Waals surface area (Å²) in [5, 5.41) is 11.2. The number of aromatic nitrogens is 2. The van der Waals surface area contributed by atoms with Crippen LogP contribution < -0.4 is 5.32 Å². The number of hydrogen-bond donors (Lipinski definition) is 1. The topological polar surface area (TPSA) is 54.2 Å². The van der Waals surface area contributed by atoms with Gasteiger partial charge in [0.15, 0.2) is 0 Å². The first kappa shape index (κ1) is 13.2. The normalized spacial score (nSPS) is 16.4. The molecule has 5 nitrogen and oxygen atoms in total. The maximum absolute atomic E-state index is 13.6. The lowest BCUT2D eigenvalue weighted by Gasteiger charge is -2.26. The van der Waals surface area contributed by atoms with Crippen molar-refractivity contribution in [3.05, 3.63) is 36.0 Å². The number of piperazine rings is 1. The number of nitrogens with one attached hydrogen (secondary N) is 1. The molecule has 0 spiro atoms. The summed E-state index contributed by atoms with van der Waals surface area (Å²) in [6, 6.07) is 6.42. The monoisotopic (exact) mass is 276 g/mol. The summed E-state index contributed by atoms with van der Waals surface area (Å²) in [4.78, 5) is 2.35. The van der Waals surface area contributed by atoms with Crippen LogP contribution in [-0.4, -0.2) is 47.8 Å². The molecule has 0 atom stereocenters. The molecule has 6 heteroatoms. The van der Waals surface area contributed by atoms with E-state index in [4.69, 9.17) is 4.42 Å². The van der Waals surface area contributed by atoms with Gasteiger partial charge in [-0.05, 0) is 12.1 Å². The van der Waals surface area contributed by atoms with Gasteiger partial charge in [0.25, 0.3) is 5.89 Å². The maximum atomic E-state index is 13.6. The second-order valence-electron chi connectivity index (χ2n) is 4.82. The third-order valence-corrected chi connectivity index (χ3v) is 3.42. The van der Waals surface area contributed by atoms with E-state index in [0.717, 1.165) is 32.7 Å². The van der Waals surface area contributed by atoms with E-state index in [1.807, 2.05) is 0 Å². The Balaban J connectivity index is 1.63. The number of rotatable bonds is 4. The standard InChI is InChI=1S/C14H17FN4O/c15-12-4-2-1-3-11(12)14-18-17-13(20-14)5-8-19-9-6-16-7-10-19/h1-4,16H,5-10H2. The van der Waals surface area contributed by atoms with Gasteiger partial charge in [-0.25, -0.2) is 4.39 Å². The molecule has 1 fully saturated rings. The fourth-order valence-corrected chi connectivity index (χ4v) is 2.29. The molecule has 0 saturated carbocycles. The van der Waals surface area contributed by atoms with Crippen molar-refractivity contribution < 1.29 is 8.81 Å². The van der Waals surface area contributed by atoms with Gasteiger partial charge in [-0.15, -0.1) is 10.2 Å². The molecule has 2 aromatic rings. The van der Waals surface area contributed by atoms with E-state index in [0.29, 0.717) is 17.9 Å². The van der Waals surface area contributed by atoms with Crippen molar-refractivity contribution in [3.63, 3.8) is 0 Å². The van der Waals surface area contributed by atoms with Gasteiger partial charge in [-0.1, -0.05) is 12.1 Å². The minimum atomic E-state index is -0.343. The molecule has 1 N–H and O–H groups in total. The van der Waals surface area contributed by atoms with Crippen molar-refractivity contribution in [2.24, 2.45) is 0 Å². The molecule has 0 radical (unpaired) electrons. The van der Waals surface area contributed by atoms with Crippen molar-refractivity contribution in [2.45, 2.75) is 6.42 Å². The average molecular weight is 276 g/mol. The molecule has 3 rings (SSSR count). The first-order chi connectivity index (χ1) is 9.83. The fraction of sp³-hybridized carbons (Fsp3) is 0.429. The van der Waals surface area contributed by atoms with Gasteiger partial charge in [-0.2, -0.15) is 0 Å². The Morgan fingerprint density at radius 2 is 2.00 bits per heavy atom. The lowest BCUT2D eigenvalue weighted by Crippen LogP contribution is -2.44. The lowest BCUT2D eigenvalue weighted by atomic mass is 10.2. The van der Waals surface area contributed by atoms with Gasteiger partial charge in [0, 0.05) is 39.1 Å². The summed E-state index contributed by atoms with van der Waals surface area (Å²) in [6.45, 7) is 5.00. The molecule has 20 heavy (non-hydrogen) atoms. The molecule has 1 aliphatic heterocycles. The third kappa shape index (κ3) is 3.02. The van der Waals surface area contributed by atoms with Crippen molar-refractivity contribution in [2.75, 3.05) is 32.7 Å². The van der Waals surface area contributed by atoms with Crippen molar-refractivity contribution in [1.29, 1.82) is 0 Å². The van der Waals surface area contributed by atoms with Crippen LogP contribution in [0.25, 0.3) is 11.5 Å². The molecule has 0 bridgehead atoms. The number of halogens is 1. The summed E-state index contributed by atoms with van der Waals surface area (Å²) in [7, 11) is 0. The molecule has 1 aromatic carbocycles. The highest BCUT2D eigenvalue weighted by Gasteiger charge is 2.14. The first-order valence-corrected chi connectivity index (χ1v) is 6.83. The molecule has 0 aliphatic carbocycles. The van der Waals surface area contributed by atoms with Gasteiger partial charge in [0.05, 0.1) is 5.56 Å². The van der Waals surface area contributed by atoms with Gasteiger partial charge >= 0.3 is 0 Å². The van der Waals surface area contributed by atoms with Crippen LogP contribution in [0, 0.1) is 5.82 Å². The van der Waals surface area contributed by atoms with Crippen LogP contribution in [-0.2, 0) is 6.42 Å². The van der Waals surface area contributed by atoms with E-state index in [2.05, 4.69) is 20.4 Å². The Bertz CT molecular complexity index is 566. The Morgan fingerprint density at radius 1 is 1.20 bits per heavy atom. The zero-order valence-corrected chi connectivity index (χ0v) is 11.2. The Labute approximate surface area is 116 Å². The molecule has 0 unspecified atom stereocenters. The molecular formula is C14H17FN4O. The number of nitrogens with zero attached hydrogens (tertiary/aromatic N) is 3. The Kier molecular flexibility index (Phi) is 4.03. The second-order valence-corrected chi connectivity index (χ2v) is 4.82. The summed E-state index contributed by atoms with van der Waals surface area (Å²) in [5.74, 6) is 0.463. The lowest BCUT2D eigenvalue weighted by molar-refractivity contribution is 0.238. The quantitative estimate of drug-likeness (QED) is 0.913. The molecule has 2 heterocycles. The maximum Gasteiger partial charge on any atom is 0.250 e. The summed E-state index contributed by atoms with van der Waals surface area (Å²) in [6.07, 6.45) is 0.696. The highest BCUT2D eigenvalue weighted by molar-refractivity contribution is 5.53. The van der Waals surface area contributed by atoms with Crippen LogP contribution in [0.2, 0.25) is 0 Å². The smallest absolute Gasteiger partial charge is 0.250 e. The second kappa shape index (κ2) is 6.11. The minimum Gasteiger partial charge on any atom is -0.421 e. The molecule has 1 saturated heterocycles. The van der Waals surface area contributed by atoms with E-state index in [-0.39, 0.29) is 11.7 Å². The zero-order valence-electron chi connectivity index (χ0n) is 11.2. The van der Waals surface area contributed by atoms with Crippen LogP contribution in [0.3, 0.4) is 0 Å². The van der Waals surface area contributed by atoms with Crippen LogP contribution in [0.4, 0.5) is 4.39 Å². The predicted molar refractivity (Wildman–Crippen MR) is 72.7 cm³/mol. The zero-order chi connectivity index (χ0) is 13.8. The summed E-state index contributed by atoms with van der Waals surface area (Å²) >= 11 is 0. The molecular weight excluding hydrogens is 259 g/mol. The minimum absolute atomic E-state index is 0.249. The van der Waals surface area contributed by atoms with Crippen molar-refractivity contribution in [1.82, 2.24) is 20.4 Å². The summed E-state index contributed by atoms with van der Waals surface area (Å²) in [5.41, 5.74) is 0.355. The number of hydrogen-bond acceptors (Lipinski definition) is 5. The highest BCUT2D eigenvalue weighted by atomic mass is 19.1. The SMILES string of the molecule is Fc1ccccc1-c1nnc(CCN2CCNCC2)o1. The molecule has 0 amide bonds. The van der Waals surface area contributed by atoms with E-state index >= 15 is 0 Å². The molecule has 106 valence electrons. The van der Waals surface area contributed by atoms with E-state index in [1.54, 1.807) is 18.2 Å². The van der Waals surface area contributed by atoms with E-state index in [1.165, 1.54) is 6.07 Å². The first-order valence-electron chi connectivity index (χ1n) is 6.83. The van der Waals surface area contributed by atoms with E-state index in [9.17, 15) is 4.39 Å². The van der Waals surface area contributed by atoms with E-state index < -0.39 is 0 Å². The van der Waals surface area contributed by atoms with Crippen molar-refractivity contribution in [3.8, 4) is 11.5 Å². The van der Waals surface area contributed by atoms with Gasteiger partial charge < -0.3 is 14.6 Å². The Morgan fingerprint density at radius 3 is 2.80 bits per heavy atom.